The molecule has 2 aliphatic rings. The van der Waals surface area contributed by atoms with E-state index in [2.05, 4.69) is 28.2 Å². The van der Waals surface area contributed by atoms with Gasteiger partial charge in [-0.15, -0.1) is 0 Å². The van der Waals surface area contributed by atoms with E-state index in [1.165, 1.54) is 11.3 Å². The number of nitrogens with zero attached hydrogens (tertiary/aromatic N) is 3. The SMILES string of the molecule is CCN1C(=O)/C(=C/c2cn(CC(=O)N3CCCCC3C)c3ccc(Br)cc23)NC1=S. The number of likely N-dealkylation sites (N-methyl/N-ethyl adjacent to an activating group) is 1. The van der Waals surface area contributed by atoms with Crippen molar-refractivity contribution in [3.05, 3.63) is 40.1 Å². The Labute approximate surface area is 190 Å². The third kappa shape index (κ3) is 3.90. The van der Waals surface area contributed by atoms with Gasteiger partial charge in [-0.3, -0.25) is 14.5 Å². The number of hydrogen-bond donors (Lipinski definition) is 1. The van der Waals surface area contributed by atoms with Crippen LogP contribution in [0.5, 0.6) is 0 Å². The molecule has 1 aromatic heterocycles. The van der Waals surface area contributed by atoms with Gasteiger partial charge in [0, 0.05) is 46.3 Å². The van der Waals surface area contributed by atoms with E-state index in [1.54, 1.807) is 0 Å². The summed E-state index contributed by atoms with van der Waals surface area (Å²) in [5, 5.41) is 4.42. The lowest BCUT2D eigenvalue weighted by molar-refractivity contribution is -0.135. The fourth-order valence-corrected chi connectivity index (χ4v) is 4.95. The number of fused-ring (bicyclic) bond motifs is 1. The van der Waals surface area contributed by atoms with E-state index in [0.29, 0.717) is 17.4 Å². The first-order valence-electron chi connectivity index (χ1n) is 10.3. The summed E-state index contributed by atoms with van der Waals surface area (Å²) in [6.45, 7) is 5.65. The second-order valence-corrected chi connectivity index (χ2v) is 9.15. The number of likely N-dealkylation sites (tertiary alicyclic amines) is 1. The molecule has 0 bridgehead atoms. The van der Waals surface area contributed by atoms with Gasteiger partial charge < -0.3 is 14.8 Å². The Hall–Kier alpha value is -2.19. The molecule has 158 valence electrons. The molecule has 2 aromatic rings. The summed E-state index contributed by atoms with van der Waals surface area (Å²) in [6.07, 6.45) is 7.08. The largest absolute Gasteiger partial charge is 0.338 e. The third-order valence-electron chi connectivity index (χ3n) is 5.88. The van der Waals surface area contributed by atoms with Crippen LogP contribution in [-0.4, -0.2) is 50.4 Å². The second-order valence-electron chi connectivity index (χ2n) is 7.84. The maximum Gasteiger partial charge on any atom is 0.276 e. The van der Waals surface area contributed by atoms with Gasteiger partial charge in [-0.25, -0.2) is 0 Å². The van der Waals surface area contributed by atoms with Crippen LogP contribution in [0.25, 0.3) is 17.0 Å². The van der Waals surface area contributed by atoms with Crippen LogP contribution in [0.2, 0.25) is 0 Å². The van der Waals surface area contributed by atoms with Crippen molar-refractivity contribution in [2.75, 3.05) is 13.1 Å². The molecule has 2 aliphatic heterocycles. The van der Waals surface area contributed by atoms with Crippen molar-refractivity contribution < 1.29 is 9.59 Å². The van der Waals surface area contributed by atoms with Crippen molar-refractivity contribution in [1.82, 2.24) is 19.7 Å². The highest BCUT2D eigenvalue weighted by Gasteiger charge is 2.29. The van der Waals surface area contributed by atoms with E-state index in [0.717, 1.165) is 40.3 Å². The van der Waals surface area contributed by atoms with Gasteiger partial charge in [0.15, 0.2) is 5.11 Å². The van der Waals surface area contributed by atoms with Crippen LogP contribution >= 0.6 is 28.1 Å². The number of hydrogen-bond acceptors (Lipinski definition) is 3. The van der Waals surface area contributed by atoms with Crippen LogP contribution < -0.4 is 5.32 Å². The van der Waals surface area contributed by atoms with Crippen LogP contribution in [-0.2, 0) is 16.1 Å². The van der Waals surface area contributed by atoms with Gasteiger partial charge in [0.05, 0.1) is 0 Å². The van der Waals surface area contributed by atoms with Crippen LogP contribution in [0.3, 0.4) is 0 Å². The number of carbonyl (C=O) groups excluding carboxylic acids is 2. The first-order valence-corrected chi connectivity index (χ1v) is 11.5. The molecular weight excluding hydrogens is 464 g/mol. The van der Waals surface area contributed by atoms with Crippen molar-refractivity contribution in [2.45, 2.75) is 45.7 Å². The molecule has 4 rings (SSSR count). The number of thiocarbonyl (C=S) groups is 1. The van der Waals surface area contributed by atoms with Gasteiger partial charge in [-0.1, -0.05) is 15.9 Å². The molecule has 0 saturated carbocycles. The topological polar surface area (TPSA) is 57.6 Å². The molecule has 1 unspecified atom stereocenters. The first-order chi connectivity index (χ1) is 14.4. The van der Waals surface area contributed by atoms with Crippen molar-refractivity contribution in [3.8, 4) is 0 Å². The maximum absolute atomic E-state index is 13.0. The highest BCUT2D eigenvalue weighted by molar-refractivity contribution is 9.10. The minimum Gasteiger partial charge on any atom is -0.338 e. The zero-order valence-corrected chi connectivity index (χ0v) is 19.6. The van der Waals surface area contributed by atoms with E-state index in [-0.39, 0.29) is 24.4 Å². The van der Waals surface area contributed by atoms with E-state index in [1.807, 2.05) is 46.9 Å². The molecule has 0 radical (unpaired) electrons. The molecule has 2 fully saturated rings. The fourth-order valence-electron chi connectivity index (χ4n) is 4.26. The molecule has 0 spiro atoms. The standard InChI is InChI=1S/C22H25BrN4O2S/c1-3-26-21(29)18(24-22(26)30)10-15-12-25(19-8-7-16(23)11-17(15)19)13-20(28)27-9-5-4-6-14(27)2/h7-8,10-12,14H,3-6,9,13H2,1-2H3,(H,24,30)/b18-10-. The number of benzene rings is 1. The number of aromatic nitrogens is 1. The van der Waals surface area contributed by atoms with Crippen LogP contribution in [0.15, 0.2) is 34.6 Å². The smallest absolute Gasteiger partial charge is 0.276 e. The molecule has 1 aromatic carbocycles. The highest BCUT2D eigenvalue weighted by atomic mass is 79.9. The summed E-state index contributed by atoms with van der Waals surface area (Å²) in [6, 6.07) is 6.27. The number of carbonyl (C=O) groups is 2. The van der Waals surface area contributed by atoms with Crippen molar-refractivity contribution in [1.29, 1.82) is 0 Å². The Morgan fingerprint density at radius 1 is 1.37 bits per heavy atom. The van der Waals surface area contributed by atoms with E-state index >= 15 is 0 Å². The minimum absolute atomic E-state index is 0.128. The number of halogens is 1. The molecule has 3 heterocycles. The average Bonchev–Trinajstić information content (AvgIpc) is 3.18. The lowest BCUT2D eigenvalue weighted by Gasteiger charge is -2.33. The Balaban J connectivity index is 1.69. The Bertz CT molecular complexity index is 1060. The summed E-state index contributed by atoms with van der Waals surface area (Å²) < 4.78 is 2.92. The lowest BCUT2D eigenvalue weighted by Crippen LogP contribution is -2.43. The quantitative estimate of drug-likeness (QED) is 0.523. The van der Waals surface area contributed by atoms with Gasteiger partial charge in [0.1, 0.15) is 12.2 Å². The van der Waals surface area contributed by atoms with E-state index < -0.39 is 0 Å². The fraction of sp³-hybridized carbons (Fsp3) is 0.409. The zero-order valence-electron chi connectivity index (χ0n) is 17.2. The summed E-state index contributed by atoms with van der Waals surface area (Å²) in [4.78, 5) is 29.2. The first kappa shape index (κ1) is 21.1. The average molecular weight is 489 g/mol. The predicted molar refractivity (Wildman–Crippen MR) is 126 cm³/mol. The molecule has 2 amide bonds. The third-order valence-corrected chi connectivity index (χ3v) is 6.70. The van der Waals surface area contributed by atoms with Gasteiger partial charge in [0.2, 0.25) is 5.91 Å². The summed E-state index contributed by atoms with van der Waals surface area (Å²) in [7, 11) is 0. The molecule has 6 nitrogen and oxygen atoms in total. The molecule has 1 N–H and O–H groups in total. The van der Waals surface area contributed by atoms with E-state index in [4.69, 9.17) is 12.2 Å². The summed E-state index contributed by atoms with van der Waals surface area (Å²) in [5.41, 5.74) is 2.29. The van der Waals surface area contributed by atoms with Gasteiger partial charge in [-0.2, -0.15) is 0 Å². The van der Waals surface area contributed by atoms with Gasteiger partial charge >= 0.3 is 0 Å². The molecule has 0 aliphatic carbocycles. The monoisotopic (exact) mass is 488 g/mol. The Morgan fingerprint density at radius 2 is 2.17 bits per heavy atom. The van der Waals surface area contributed by atoms with Gasteiger partial charge in [-0.05, 0) is 69.6 Å². The molecule has 30 heavy (non-hydrogen) atoms. The molecule has 8 heteroatoms. The van der Waals surface area contributed by atoms with Crippen molar-refractivity contribution in [2.24, 2.45) is 0 Å². The van der Waals surface area contributed by atoms with Crippen molar-refractivity contribution in [3.63, 3.8) is 0 Å². The summed E-state index contributed by atoms with van der Waals surface area (Å²) in [5.74, 6) is 0.00578. The van der Waals surface area contributed by atoms with Crippen LogP contribution in [0.1, 0.15) is 38.7 Å². The lowest BCUT2D eigenvalue weighted by atomic mass is 10.0. The number of nitrogens with one attached hydrogen (secondary N) is 1. The zero-order chi connectivity index (χ0) is 21.4. The second kappa shape index (κ2) is 8.51. The molecule has 2 saturated heterocycles. The Kier molecular flexibility index (Phi) is 5.97. The number of amides is 2. The molecular formula is C22H25BrN4O2S. The van der Waals surface area contributed by atoms with Crippen LogP contribution in [0, 0.1) is 0 Å². The molecule has 1 atom stereocenters. The highest BCUT2D eigenvalue weighted by Crippen LogP contribution is 2.28. The predicted octanol–water partition coefficient (Wildman–Crippen LogP) is 3.88. The maximum atomic E-state index is 13.0. The van der Waals surface area contributed by atoms with Crippen molar-refractivity contribution >= 4 is 62.1 Å². The summed E-state index contributed by atoms with van der Waals surface area (Å²) >= 11 is 8.80. The number of rotatable bonds is 4. The van der Waals surface area contributed by atoms with E-state index in [9.17, 15) is 9.59 Å². The minimum atomic E-state index is -0.128. The van der Waals surface area contributed by atoms with Gasteiger partial charge in [0.25, 0.3) is 5.91 Å². The normalized spacial score (nSPS) is 21.0. The Morgan fingerprint density at radius 3 is 2.87 bits per heavy atom. The number of piperidine rings is 1. The van der Waals surface area contributed by atoms with Crippen LogP contribution in [0.4, 0.5) is 0 Å².